The van der Waals surface area contributed by atoms with Crippen molar-refractivity contribution in [2.24, 2.45) is 0 Å². The van der Waals surface area contributed by atoms with Crippen LogP contribution in [-0.2, 0) is 11.0 Å². The molecule has 1 aromatic carbocycles. The molecule has 5 heteroatoms. The molecule has 0 spiro atoms. The van der Waals surface area contributed by atoms with Gasteiger partial charge in [-0.2, -0.15) is 13.2 Å². The molecule has 17 heavy (non-hydrogen) atoms. The summed E-state index contributed by atoms with van der Waals surface area (Å²) in [5, 5.41) is 0. The highest BCUT2D eigenvalue weighted by molar-refractivity contribution is 5.76. The van der Waals surface area contributed by atoms with Crippen molar-refractivity contribution >= 4 is 11.5 Å². The Hall–Kier alpha value is -1.52. The van der Waals surface area contributed by atoms with Gasteiger partial charge in [-0.05, 0) is 19.1 Å². The number of carbonyl (C=O) groups excluding carboxylic acids is 1. The summed E-state index contributed by atoms with van der Waals surface area (Å²) in [6, 6.07) is 5.35. The summed E-state index contributed by atoms with van der Waals surface area (Å²) < 4.78 is 38.1. The van der Waals surface area contributed by atoms with E-state index in [1.54, 1.807) is 13.1 Å². The highest BCUT2D eigenvalue weighted by Gasteiger charge is 2.33. The molecule has 0 saturated heterocycles. The van der Waals surface area contributed by atoms with Crippen LogP contribution in [0.15, 0.2) is 24.3 Å². The van der Waals surface area contributed by atoms with E-state index in [0.29, 0.717) is 0 Å². The van der Waals surface area contributed by atoms with E-state index >= 15 is 0 Å². The van der Waals surface area contributed by atoms with Crippen molar-refractivity contribution in [3.05, 3.63) is 29.8 Å². The highest BCUT2D eigenvalue weighted by Crippen LogP contribution is 2.35. The molecule has 0 atom stereocenters. The van der Waals surface area contributed by atoms with E-state index in [4.69, 9.17) is 0 Å². The maximum absolute atomic E-state index is 12.7. The van der Waals surface area contributed by atoms with Gasteiger partial charge in [-0.25, -0.2) is 0 Å². The lowest BCUT2D eigenvalue weighted by molar-refractivity contribution is -0.137. The van der Waals surface area contributed by atoms with Crippen LogP contribution in [0.25, 0.3) is 0 Å². The fourth-order valence-electron chi connectivity index (χ4n) is 1.49. The Bertz CT molecular complexity index is 401. The maximum Gasteiger partial charge on any atom is 0.418 e. The van der Waals surface area contributed by atoms with E-state index in [1.807, 2.05) is 0 Å². The van der Waals surface area contributed by atoms with Crippen LogP contribution in [-0.4, -0.2) is 19.4 Å². The van der Waals surface area contributed by atoms with Crippen molar-refractivity contribution in [1.82, 2.24) is 0 Å². The summed E-state index contributed by atoms with van der Waals surface area (Å²) in [5.74, 6) is -0.0404. The number of alkyl halides is 3. The zero-order valence-corrected chi connectivity index (χ0v) is 9.71. The standard InChI is InChI=1S/C12H14F3NO/c1-9(17)7-8-16(2)11-6-4-3-5-10(11)12(13,14)15/h3-6H,7-8H2,1-2H3. The molecular weight excluding hydrogens is 231 g/mol. The number of carbonyl (C=O) groups is 1. The topological polar surface area (TPSA) is 20.3 Å². The number of nitrogens with zero attached hydrogens (tertiary/aromatic N) is 1. The number of Topliss-reactive ketones (excluding diaryl/α,β-unsaturated/α-hetero) is 1. The molecule has 0 amide bonds. The molecule has 0 radical (unpaired) electrons. The Labute approximate surface area is 98.0 Å². The Balaban J connectivity index is 2.93. The molecule has 0 fully saturated rings. The number of rotatable bonds is 4. The monoisotopic (exact) mass is 245 g/mol. The number of ketones is 1. The Morgan fingerprint density at radius 2 is 1.88 bits per heavy atom. The molecule has 0 N–H and O–H groups in total. The number of halogens is 3. The second-order valence-corrected chi connectivity index (χ2v) is 3.89. The maximum atomic E-state index is 12.7. The van der Waals surface area contributed by atoms with Gasteiger partial charge in [0.1, 0.15) is 5.78 Å². The first-order valence-corrected chi connectivity index (χ1v) is 5.19. The predicted molar refractivity (Wildman–Crippen MR) is 60.0 cm³/mol. The van der Waals surface area contributed by atoms with Crippen molar-refractivity contribution in [2.45, 2.75) is 19.5 Å². The largest absolute Gasteiger partial charge is 0.418 e. The number of para-hydroxylation sites is 1. The molecule has 1 rings (SSSR count). The average molecular weight is 245 g/mol. The van der Waals surface area contributed by atoms with Crippen LogP contribution in [0, 0.1) is 0 Å². The Kier molecular flexibility index (Phi) is 4.15. The van der Waals surface area contributed by atoms with Gasteiger partial charge < -0.3 is 4.90 Å². The fourth-order valence-corrected chi connectivity index (χ4v) is 1.49. The molecule has 0 saturated carbocycles. The smallest absolute Gasteiger partial charge is 0.374 e. The zero-order valence-electron chi connectivity index (χ0n) is 9.71. The summed E-state index contributed by atoms with van der Waals surface area (Å²) >= 11 is 0. The number of hydrogen-bond donors (Lipinski definition) is 0. The fraction of sp³-hybridized carbons (Fsp3) is 0.417. The number of hydrogen-bond acceptors (Lipinski definition) is 2. The lowest BCUT2D eigenvalue weighted by atomic mass is 10.1. The van der Waals surface area contributed by atoms with Crippen LogP contribution >= 0.6 is 0 Å². The first kappa shape index (κ1) is 13.5. The van der Waals surface area contributed by atoms with Gasteiger partial charge in [0.2, 0.25) is 0 Å². The molecule has 2 nitrogen and oxygen atoms in total. The first-order chi connectivity index (χ1) is 7.82. The minimum Gasteiger partial charge on any atom is -0.374 e. The summed E-state index contributed by atoms with van der Waals surface area (Å²) in [6.07, 6.45) is -4.14. The highest BCUT2D eigenvalue weighted by atomic mass is 19.4. The third kappa shape index (κ3) is 3.76. The van der Waals surface area contributed by atoms with E-state index in [-0.39, 0.29) is 24.4 Å². The van der Waals surface area contributed by atoms with Crippen LogP contribution in [0.1, 0.15) is 18.9 Å². The minimum atomic E-state index is -4.37. The molecule has 0 unspecified atom stereocenters. The minimum absolute atomic E-state index is 0.0404. The molecule has 0 aliphatic heterocycles. The van der Waals surface area contributed by atoms with Gasteiger partial charge in [-0.1, -0.05) is 12.1 Å². The van der Waals surface area contributed by atoms with Crippen molar-refractivity contribution < 1.29 is 18.0 Å². The predicted octanol–water partition coefficient (Wildman–Crippen LogP) is 3.12. The summed E-state index contributed by atoms with van der Waals surface area (Å²) in [7, 11) is 1.55. The van der Waals surface area contributed by atoms with E-state index in [9.17, 15) is 18.0 Å². The van der Waals surface area contributed by atoms with Crippen LogP contribution < -0.4 is 4.90 Å². The van der Waals surface area contributed by atoms with Crippen molar-refractivity contribution in [3.63, 3.8) is 0 Å². The number of anilines is 1. The quantitative estimate of drug-likeness (QED) is 0.812. The molecule has 0 aliphatic rings. The second kappa shape index (κ2) is 5.21. The van der Waals surface area contributed by atoms with Crippen LogP contribution in [0.5, 0.6) is 0 Å². The zero-order chi connectivity index (χ0) is 13.1. The number of benzene rings is 1. The summed E-state index contributed by atoms with van der Waals surface area (Å²) in [5.41, 5.74) is -0.577. The van der Waals surface area contributed by atoms with Gasteiger partial charge in [0, 0.05) is 25.7 Å². The van der Waals surface area contributed by atoms with E-state index in [2.05, 4.69) is 0 Å². The van der Waals surface area contributed by atoms with Crippen LogP contribution in [0.2, 0.25) is 0 Å². The van der Waals surface area contributed by atoms with Gasteiger partial charge in [-0.3, -0.25) is 4.79 Å². The van der Waals surface area contributed by atoms with Crippen molar-refractivity contribution in [3.8, 4) is 0 Å². The molecule has 94 valence electrons. The van der Waals surface area contributed by atoms with Crippen LogP contribution in [0.3, 0.4) is 0 Å². The lowest BCUT2D eigenvalue weighted by Gasteiger charge is -2.22. The second-order valence-electron chi connectivity index (χ2n) is 3.89. The van der Waals surface area contributed by atoms with Crippen molar-refractivity contribution in [2.75, 3.05) is 18.5 Å². The van der Waals surface area contributed by atoms with E-state index in [1.165, 1.54) is 24.0 Å². The molecule has 0 heterocycles. The van der Waals surface area contributed by atoms with Gasteiger partial charge >= 0.3 is 6.18 Å². The van der Waals surface area contributed by atoms with Crippen LogP contribution in [0.4, 0.5) is 18.9 Å². The normalized spacial score (nSPS) is 11.4. The Morgan fingerprint density at radius 3 is 2.41 bits per heavy atom. The molecule has 0 aromatic heterocycles. The third-order valence-electron chi connectivity index (χ3n) is 2.42. The third-order valence-corrected chi connectivity index (χ3v) is 2.42. The molecule has 0 aliphatic carbocycles. The van der Waals surface area contributed by atoms with Crippen molar-refractivity contribution in [1.29, 1.82) is 0 Å². The van der Waals surface area contributed by atoms with Gasteiger partial charge in [-0.15, -0.1) is 0 Å². The molecule has 1 aromatic rings. The molecule has 0 bridgehead atoms. The molecular formula is C12H14F3NO. The van der Waals surface area contributed by atoms with E-state index in [0.717, 1.165) is 6.07 Å². The summed E-state index contributed by atoms with van der Waals surface area (Å²) in [4.78, 5) is 12.3. The van der Waals surface area contributed by atoms with Gasteiger partial charge in [0.15, 0.2) is 0 Å². The lowest BCUT2D eigenvalue weighted by Crippen LogP contribution is -2.23. The van der Waals surface area contributed by atoms with E-state index < -0.39 is 11.7 Å². The first-order valence-electron chi connectivity index (χ1n) is 5.19. The SMILES string of the molecule is CC(=O)CCN(C)c1ccccc1C(F)(F)F. The Morgan fingerprint density at radius 1 is 1.29 bits per heavy atom. The van der Waals surface area contributed by atoms with Gasteiger partial charge in [0.25, 0.3) is 0 Å². The average Bonchev–Trinajstić information content (AvgIpc) is 2.24. The van der Waals surface area contributed by atoms with Gasteiger partial charge in [0.05, 0.1) is 5.56 Å². The summed E-state index contributed by atoms with van der Waals surface area (Å²) in [6.45, 7) is 1.70.